The SMILES string of the molecule is O=C(O)c1c(O)c2ncc(Cc3ccc(F)cc3)cc2n(CC(=O)N2CCCC2)c1=O. The molecule has 2 aromatic heterocycles. The molecule has 9 heteroatoms. The van der Waals surface area contributed by atoms with E-state index >= 15 is 0 Å². The summed E-state index contributed by atoms with van der Waals surface area (Å²) < 4.78 is 14.2. The van der Waals surface area contributed by atoms with Gasteiger partial charge in [0, 0.05) is 19.3 Å². The standard InChI is InChI=1S/C22H20FN3O5/c23-15-5-3-13(4-6-15)9-14-10-16-19(24-11-14)20(28)18(22(30)31)21(29)26(16)12-17(27)25-7-1-2-8-25/h3-6,10-11,28H,1-2,7-9,12H2,(H,30,31). The number of hydrogen-bond donors (Lipinski definition) is 2. The van der Waals surface area contributed by atoms with Crippen LogP contribution >= 0.6 is 0 Å². The molecule has 1 aliphatic rings. The number of carboxylic acid groups (broad SMARTS) is 1. The maximum Gasteiger partial charge on any atom is 0.345 e. The van der Waals surface area contributed by atoms with Gasteiger partial charge in [-0.2, -0.15) is 0 Å². The Kier molecular flexibility index (Phi) is 5.41. The van der Waals surface area contributed by atoms with Crippen molar-refractivity contribution >= 4 is 22.9 Å². The number of carboxylic acids is 1. The van der Waals surface area contributed by atoms with Crippen molar-refractivity contribution in [2.24, 2.45) is 0 Å². The van der Waals surface area contributed by atoms with Gasteiger partial charge in [-0.3, -0.25) is 19.1 Å². The Bertz CT molecular complexity index is 1230. The van der Waals surface area contributed by atoms with Crippen molar-refractivity contribution in [3.8, 4) is 5.75 Å². The largest absolute Gasteiger partial charge is 0.505 e. The molecule has 2 N–H and O–H groups in total. The number of halogens is 1. The van der Waals surface area contributed by atoms with Gasteiger partial charge in [0.15, 0.2) is 11.3 Å². The molecule has 1 saturated heterocycles. The Balaban J connectivity index is 1.82. The summed E-state index contributed by atoms with van der Waals surface area (Å²) in [6.07, 6.45) is 3.58. The quantitative estimate of drug-likeness (QED) is 0.648. The summed E-state index contributed by atoms with van der Waals surface area (Å²) in [6.45, 7) is 0.824. The summed E-state index contributed by atoms with van der Waals surface area (Å²) in [5.74, 6) is -2.98. The lowest BCUT2D eigenvalue weighted by Gasteiger charge is -2.18. The molecule has 0 unspecified atom stereocenters. The summed E-state index contributed by atoms with van der Waals surface area (Å²) in [7, 11) is 0. The van der Waals surface area contributed by atoms with Gasteiger partial charge in [0.1, 0.15) is 17.9 Å². The van der Waals surface area contributed by atoms with E-state index in [1.165, 1.54) is 18.3 Å². The molecule has 4 rings (SSSR count). The average molecular weight is 425 g/mol. The minimum absolute atomic E-state index is 0.0749. The van der Waals surface area contributed by atoms with Gasteiger partial charge in [-0.25, -0.2) is 9.18 Å². The van der Waals surface area contributed by atoms with Crippen molar-refractivity contribution in [2.45, 2.75) is 25.8 Å². The molecule has 3 heterocycles. The minimum atomic E-state index is -1.59. The topological polar surface area (TPSA) is 113 Å². The van der Waals surface area contributed by atoms with Gasteiger partial charge in [-0.1, -0.05) is 12.1 Å². The van der Waals surface area contributed by atoms with Gasteiger partial charge in [-0.15, -0.1) is 0 Å². The number of nitrogens with zero attached hydrogens (tertiary/aromatic N) is 3. The van der Waals surface area contributed by atoms with E-state index in [1.54, 1.807) is 23.1 Å². The molecule has 0 bridgehead atoms. The van der Waals surface area contributed by atoms with Crippen LogP contribution in [0.15, 0.2) is 41.3 Å². The fraction of sp³-hybridized carbons (Fsp3) is 0.273. The van der Waals surface area contributed by atoms with Crippen molar-refractivity contribution < 1.29 is 24.2 Å². The van der Waals surface area contributed by atoms with Gasteiger partial charge in [0.05, 0.1) is 5.52 Å². The monoisotopic (exact) mass is 425 g/mol. The van der Waals surface area contributed by atoms with Crippen LogP contribution in [0.4, 0.5) is 4.39 Å². The highest BCUT2D eigenvalue weighted by molar-refractivity contribution is 5.97. The first-order chi connectivity index (χ1) is 14.8. The minimum Gasteiger partial charge on any atom is -0.505 e. The number of carbonyl (C=O) groups excluding carboxylic acids is 1. The molecule has 0 radical (unpaired) electrons. The summed E-state index contributed by atoms with van der Waals surface area (Å²) in [6, 6.07) is 7.50. The molecule has 0 spiro atoms. The van der Waals surface area contributed by atoms with Crippen molar-refractivity contribution in [2.75, 3.05) is 13.1 Å². The third-order valence-corrected chi connectivity index (χ3v) is 5.42. The molecule has 1 aliphatic heterocycles. The second-order valence-corrected chi connectivity index (χ2v) is 7.52. The molecule has 1 aromatic carbocycles. The predicted octanol–water partition coefficient (Wildman–Crippen LogP) is 2.15. The molecule has 31 heavy (non-hydrogen) atoms. The van der Waals surface area contributed by atoms with Crippen molar-refractivity contribution in [1.29, 1.82) is 0 Å². The van der Waals surface area contributed by atoms with E-state index in [0.29, 0.717) is 25.1 Å². The molecule has 1 amide bonds. The normalized spacial score (nSPS) is 13.6. The third kappa shape index (κ3) is 3.98. The van der Waals surface area contributed by atoms with E-state index in [4.69, 9.17) is 0 Å². The van der Waals surface area contributed by atoms with Crippen LogP contribution in [0.1, 0.15) is 34.3 Å². The molecule has 8 nitrogen and oxygen atoms in total. The number of aromatic carboxylic acids is 1. The Morgan fingerprint density at radius 3 is 2.42 bits per heavy atom. The van der Waals surface area contributed by atoms with Crippen LogP contribution in [0.2, 0.25) is 0 Å². The first-order valence-electron chi connectivity index (χ1n) is 9.85. The molecular weight excluding hydrogens is 405 g/mol. The number of rotatable bonds is 5. The van der Waals surface area contributed by atoms with E-state index in [0.717, 1.165) is 23.0 Å². The maximum atomic E-state index is 13.2. The fourth-order valence-electron chi connectivity index (χ4n) is 3.83. The van der Waals surface area contributed by atoms with Gasteiger partial charge < -0.3 is 15.1 Å². The van der Waals surface area contributed by atoms with Crippen LogP contribution in [0.3, 0.4) is 0 Å². The first kappa shape index (κ1) is 20.5. The lowest BCUT2D eigenvalue weighted by molar-refractivity contribution is -0.130. The van der Waals surface area contributed by atoms with E-state index < -0.39 is 22.8 Å². The Morgan fingerprint density at radius 2 is 1.77 bits per heavy atom. The zero-order valence-electron chi connectivity index (χ0n) is 16.5. The van der Waals surface area contributed by atoms with Gasteiger partial charge in [0.2, 0.25) is 5.91 Å². The number of fused-ring (bicyclic) bond motifs is 1. The maximum absolute atomic E-state index is 13.2. The second-order valence-electron chi connectivity index (χ2n) is 7.52. The smallest absolute Gasteiger partial charge is 0.345 e. The van der Waals surface area contributed by atoms with Crippen LogP contribution < -0.4 is 5.56 Å². The number of amides is 1. The van der Waals surface area contributed by atoms with E-state index in [1.807, 2.05) is 0 Å². The number of likely N-dealkylation sites (tertiary alicyclic amines) is 1. The predicted molar refractivity (Wildman–Crippen MR) is 110 cm³/mol. The summed E-state index contributed by atoms with van der Waals surface area (Å²) in [4.78, 5) is 43.0. The van der Waals surface area contributed by atoms with E-state index in [9.17, 15) is 29.0 Å². The van der Waals surface area contributed by atoms with E-state index in [2.05, 4.69) is 4.98 Å². The van der Waals surface area contributed by atoms with Crippen LogP contribution in [0, 0.1) is 5.82 Å². The van der Waals surface area contributed by atoms with Crippen LogP contribution in [0.5, 0.6) is 5.75 Å². The molecule has 0 saturated carbocycles. The highest BCUT2D eigenvalue weighted by atomic mass is 19.1. The number of aromatic hydroxyl groups is 1. The van der Waals surface area contributed by atoms with Crippen molar-refractivity contribution in [1.82, 2.24) is 14.5 Å². The molecule has 0 atom stereocenters. The first-order valence-corrected chi connectivity index (χ1v) is 9.85. The zero-order valence-corrected chi connectivity index (χ0v) is 16.5. The highest BCUT2D eigenvalue weighted by Gasteiger charge is 2.26. The zero-order chi connectivity index (χ0) is 22.1. The van der Waals surface area contributed by atoms with Crippen molar-refractivity contribution in [3.63, 3.8) is 0 Å². The van der Waals surface area contributed by atoms with Gasteiger partial charge >= 0.3 is 5.97 Å². The second kappa shape index (κ2) is 8.17. The molecule has 1 fully saturated rings. The molecular formula is C22H20FN3O5. The van der Waals surface area contributed by atoms with Crippen LogP contribution in [-0.2, 0) is 17.8 Å². The number of hydrogen-bond acceptors (Lipinski definition) is 5. The Labute approximate surface area is 176 Å². The third-order valence-electron chi connectivity index (χ3n) is 5.42. The number of carbonyl (C=O) groups is 2. The summed E-state index contributed by atoms with van der Waals surface area (Å²) >= 11 is 0. The fourth-order valence-corrected chi connectivity index (χ4v) is 3.83. The lowest BCUT2D eigenvalue weighted by atomic mass is 10.1. The van der Waals surface area contributed by atoms with Crippen LogP contribution in [-0.4, -0.2) is 49.6 Å². The Morgan fingerprint density at radius 1 is 1.10 bits per heavy atom. The Hall–Kier alpha value is -3.75. The van der Waals surface area contributed by atoms with Gasteiger partial charge in [-0.05, 0) is 48.6 Å². The van der Waals surface area contributed by atoms with Crippen molar-refractivity contribution in [3.05, 3.63) is 69.4 Å². The molecule has 160 valence electrons. The van der Waals surface area contributed by atoms with Crippen LogP contribution in [0.25, 0.3) is 11.0 Å². The molecule has 0 aliphatic carbocycles. The summed E-state index contributed by atoms with van der Waals surface area (Å²) in [5.41, 5.74) is -0.237. The highest BCUT2D eigenvalue weighted by Crippen LogP contribution is 2.26. The number of pyridine rings is 2. The number of aromatic nitrogens is 2. The average Bonchev–Trinajstić information content (AvgIpc) is 3.27. The molecule has 3 aromatic rings. The van der Waals surface area contributed by atoms with E-state index in [-0.39, 0.29) is 29.3 Å². The lowest BCUT2D eigenvalue weighted by Crippen LogP contribution is -2.36. The number of benzene rings is 1. The van der Waals surface area contributed by atoms with Gasteiger partial charge in [0.25, 0.3) is 5.56 Å². The summed E-state index contributed by atoms with van der Waals surface area (Å²) in [5, 5.41) is 19.8.